The van der Waals surface area contributed by atoms with Crippen molar-refractivity contribution in [2.24, 2.45) is 5.10 Å². The molecule has 32 heavy (non-hydrogen) atoms. The van der Waals surface area contributed by atoms with Crippen LogP contribution < -0.4 is 10.2 Å². The molecule has 7 heteroatoms. The molecule has 1 aromatic heterocycles. The van der Waals surface area contributed by atoms with Gasteiger partial charge in [0.05, 0.1) is 16.4 Å². The average Bonchev–Trinajstić information content (AvgIpc) is 3.26. The summed E-state index contributed by atoms with van der Waals surface area (Å²) >= 11 is 3.41. The van der Waals surface area contributed by atoms with Crippen molar-refractivity contribution < 1.29 is 9.53 Å². The summed E-state index contributed by atoms with van der Waals surface area (Å²) in [5.41, 5.74) is 5.99. The lowest BCUT2D eigenvalue weighted by Crippen LogP contribution is -2.33. The molecular weight excluding hydrogens is 468 g/mol. The van der Waals surface area contributed by atoms with E-state index in [1.165, 1.54) is 0 Å². The highest BCUT2D eigenvalue weighted by molar-refractivity contribution is 9.10. The number of nitrogens with zero attached hydrogens (tertiary/aromatic N) is 3. The molecule has 0 saturated heterocycles. The zero-order valence-electron chi connectivity index (χ0n) is 17.4. The molecular formula is C25H21BrN4O2. The van der Waals surface area contributed by atoms with E-state index >= 15 is 0 Å². The summed E-state index contributed by atoms with van der Waals surface area (Å²) in [6.07, 6.45) is 2.76. The number of halogens is 1. The summed E-state index contributed by atoms with van der Waals surface area (Å²) in [4.78, 5) is 12.4. The fourth-order valence-electron chi connectivity index (χ4n) is 3.06. The molecule has 0 aliphatic heterocycles. The predicted molar refractivity (Wildman–Crippen MR) is 129 cm³/mol. The molecule has 6 nitrogen and oxygen atoms in total. The lowest BCUT2D eigenvalue weighted by Gasteiger charge is -2.13. The molecule has 0 fully saturated rings. The maximum Gasteiger partial charge on any atom is 0.280 e. The zero-order valence-corrected chi connectivity index (χ0v) is 18.9. The summed E-state index contributed by atoms with van der Waals surface area (Å²) in [5.74, 6) is 0.239. The number of nitrogens with one attached hydrogen (secondary N) is 1. The summed E-state index contributed by atoms with van der Waals surface area (Å²) in [6.45, 7) is 1.67. The number of para-hydroxylation sites is 2. The lowest BCUT2D eigenvalue weighted by atomic mass is 10.1. The molecule has 0 radical (unpaired) electrons. The predicted octanol–water partition coefficient (Wildman–Crippen LogP) is 5.22. The van der Waals surface area contributed by atoms with E-state index in [1.807, 2.05) is 85.1 Å². The minimum absolute atomic E-state index is 0.353. The Kier molecular flexibility index (Phi) is 6.77. The molecule has 0 aliphatic carbocycles. The van der Waals surface area contributed by atoms with Gasteiger partial charge in [-0.1, -0.05) is 60.7 Å². The van der Waals surface area contributed by atoms with Crippen LogP contribution in [-0.2, 0) is 4.79 Å². The van der Waals surface area contributed by atoms with Crippen molar-refractivity contribution in [1.82, 2.24) is 15.2 Å². The van der Waals surface area contributed by atoms with Crippen LogP contribution in [0, 0.1) is 0 Å². The van der Waals surface area contributed by atoms with Gasteiger partial charge in [0.25, 0.3) is 5.91 Å². The van der Waals surface area contributed by atoms with Crippen LogP contribution in [0.4, 0.5) is 0 Å². The maximum absolute atomic E-state index is 12.4. The van der Waals surface area contributed by atoms with E-state index in [4.69, 9.17) is 9.84 Å². The van der Waals surface area contributed by atoms with Gasteiger partial charge in [0.1, 0.15) is 11.4 Å². The largest absolute Gasteiger partial charge is 0.480 e. The third-order valence-corrected chi connectivity index (χ3v) is 5.35. The summed E-state index contributed by atoms with van der Waals surface area (Å²) in [5, 5.41) is 8.88. The summed E-state index contributed by atoms with van der Waals surface area (Å²) < 4.78 is 8.29. The summed E-state index contributed by atoms with van der Waals surface area (Å²) in [6, 6.07) is 27.1. The van der Waals surface area contributed by atoms with Gasteiger partial charge >= 0.3 is 0 Å². The smallest absolute Gasteiger partial charge is 0.280 e. The first-order chi connectivity index (χ1) is 15.6. The maximum atomic E-state index is 12.4. The third kappa shape index (κ3) is 5.12. The molecule has 0 bridgehead atoms. The number of ether oxygens (including phenoxy) is 1. The van der Waals surface area contributed by atoms with Gasteiger partial charge in [0, 0.05) is 17.3 Å². The minimum atomic E-state index is -0.716. The highest BCUT2D eigenvalue weighted by atomic mass is 79.9. The number of hydrogen-bond donors (Lipinski definition) is 1. The Bertz CT molecular complexity index is 1220. The minimum Gasteiger partial charge on any atom is -0.480 e. The Morgan fingerprint density at radius 2 is 1.69 bits per heavy atom. The quantitative estimate of drug-likeness (QED) is 0.286. The molecule has 4 aromatic rings. The number of rotatable bonds is 7. The SMILES string of the molecule is CC(Oc1ccccc1Br)C(=O)N/N=C\c1cn(-c2ccccc2)nc1-c1ccccc1. The Balaban J connectivity index is 1.52. The van der Waals surface area contributed by atoms with Crippen molar-refractivity contribution in [3.63, 3.8) is 0 Å². The molecule has 1 unspecified atom stereocenters. The van der Waals surface area contributed by atoms with E-state index in [2.05, 4.69) is 26.5 Å². The van der Waals surface area contributed by atoms with E-state index < -0.39 is 6.10 Å². The molecule has 4 rings (SSSR count). The first kappa shape index (κ1) is 21.5. The molecule has 1 amide bonds. The van der Waals surface area contributed by atoms with Crippen LogP contribution in [0.25, 0.3) is 16.9 Å². The van der Waals surface area contributed by atoms with Crippen LogP contribution in [-0.4, -0.2) is 28.0 Å². The van der Waals surface area contributed by atoms with Crippen LogP contribution in [0.1, 0.15) is 12.5 Å². The van der Waals surface area contributed by atoms with Gasteiger partial charge in [-0.25, -0.2) is 10.1 Å². The number of aromatic nitrogens is 2. The summed E-state index contributed by atoms with van der Waals surface area (Å²) in [7, 11) is 0. The fourth-order valence-corrected chi connectivity index (χ4v) is 3.43. The lowest BCUT2D eigenvalue weighted by molar-refractivity contribution is -0.127. The van der Waals surface area contributed by atoms with Crippen molar-refractivity contribution >= 4 is 28.1 Å². The van der Waals surface area contributed by atoms with Gasteiger partial charge in [-0.2, -0.15) is 10.2 Å². The van der Waals surface area contributed by atoms with E-state index in [1.54, 1.807) is 23.9 Å². The monoisotopic (exact) mass is 488 g/mol. The molecule has 0 spiro atoms. The first-order valence-corrected chi connectivity index (χ1v) is 10.9. The number of amides is 1. The van der Waals surface area contributed by atoms with Crippen molar-refractivity contribution in [2.75, 3.05) is 0 Å². The molecule has 0 saturated carbocycles. The molecule has 0 aliphatic rings. The Morgan fingerprint density at radius 3 is 2.41 bits per heavy atom. The van der Waals surface area contributed by atoms with Gasteiger partial charge in [-0.3, -0.25) is 4.79 Å². The Morgan fingerprint density at radius 1 is 1.03 bits per heavy atom. The zero-order chi connectivity index (χ0) is 22.3. The van der Waals surface area contributed by atoms with Gasteiger partial charge in [-0.05, 0) is 47.1 Å². The van der Waals surface area contributed by atoms with Gasteiger partial charge < -0.3 is 4.74 Å². The second-order valence-corrected chi connectivity index (χ2v) is 7.86. The van der Waals surface area contributed by atoms with E-state index in [-0.39, 0.29) is 5.91 Å². The van der Waals surface area contributed by atoms with Crippen LogP contribution in [0.15, 0.2) is 101 Å². The van der Waals surface area contributed by atoms with Crippen LogP contribution in [0.3, 0.4) is 0 Å². The van der Waals surface area contributed by atoms with Crippen LogP contribution >= 0.6 is 15.9 Å². The van der Waals surface area contributed by atoms with Crippen molar-refractivity contribution in [3.05, 3.63) is 101 Å². The second kappa shape index (κ2) is 10.1. The topological polar surface area (TPSA) is 68.5 Å². The van der Waals surface area contributed by atoms with E-state index in [9.17, 15) is 4.79 Å². The van der Waals surface area contributed by atoms with Crippen LogP contribution in [0.5, 0.6) is 5.75 Å². The Hall–Kier alpha value is -3.71. The van der Waals surface area contributed by atoms with Crippen molar-refractivity contribution in [1.29, 1.82) is 0 Å². The molecule has 1 heterocycles. The number of carbonyl (C=O) groups is 1. The Labute approximate surface area is 194 Å². The third-order valence-electron chi connectivity index (χ3n) is 4.70. The normalized spacial score (nSPS) is 11.9. The highest BCUT2D eigenvalue weighted by Crippen LogP contribution is 2.25. The highest BCUT2D eigenvalue weighted by Gasteiger charge is 2.16. The van der Waals surface area contributed by atoms with Gasteiger partial charge in [0.15, 0.2) is 6.10 Å². The first-order valence-electron chi connectivity index (χ1n) is 10.1. The van der Waals surface area contributed by atoms with Crippen molar-refractivity contribution in [2.45, 2.75) is 13.0 Å². The van der Waals surface area contributed by atoms with E-state index in [0.717, 1.165) is 27.0 Å². The second-order valence-electron chi connectivity index (χ2n) is 7.00. The number of benzene rings is 3. The number of hydrazone groups is 1. The molecule has 1 atom stereocenters. The standard InChI is InChI=1S/C25H21BrN4O2/c1-18(32-23-15-9-8-14-22(23)26)25(31)28-27-16-20-17-30(21-12-6-3-7-13-21)29-24(20)19-10-4-2-5-11-19/h2-18H,1H3,(H,28,31)/b27-16-. The fraction of sp³-hybridized carbons (Fsp3) is 0.0800. The van der Waals surface area contributed by atoms with Gasteiger partial charge in [-0.15, -0.1) is 0 Å². The molecule has 160 valence electrons. The van der Waals surface area contributed by atoms with E-state index in [0.29, 0.717) is 5.75 Å². The molecule has 1 N–H and O–H groups in total. The number of carbonyl (C=O) groups excluding carboxylic acids is 1. The number of hydrogen-bond acceptors (Lipinski definition) is 4. The molecule has 3 aromatic carbocycles. The van der Waals surface area contributed by atoms with Gasteiger partial charge in [0.2, 0.25) is 0 Å². The average molecular weight is 489 g/mol. The van der Waals surface area contributed by atoms with Crippen LogP contribution in [0.2, 0.25) is 0 Å². The van der Waals surface area contributed by atoms with Crippen molar-refractivity contribution in [3.8, 4) is 22.7 Å².